The van der Waals surface area contributed by atoms with Crippen LogP contribution in [0.1, 0.15) is 9.67 Å². The van der Waals surface area contributed by atoms with Crippen LogP contribution in [0.25, 0.3) is 10.1 Å². The summed E-state index contributed by atoms with van der Waals surface area (Å²) in [7, 11) is 0. The molecule has 0 saturated carbocycles. The van der Waals surface area contributed by atoms with Gasteiger partial charge in [0.15, 0.2) is 5.82 Å². The van der Waals surface area contributed by atoms with Crippen LogP contribution in [0.2, 0.25) is 0 Å². The maximum absolute atomic E-state index is 13.4. The number of hydrogen-bond donors (Lipinski definition) is 2. The van der Waals surface area contributed by atoms with E-state index in [9.17, 15) is 9.18 Å². The number of rotatable bonds is 1. The summed E-state index contributed by atoms with van der Waals surface area (Å²) >= 11 is 1.03. The van der Waals surface area contributed by atoms with Crippen molar-refractivity contribution in [1.29, 1.82) is 0 Å². The van der Waals surface area contributed by atoms with Gasteiger partial charge >= 0.3 is 5.97 Å². The van der Waals surface area contributed by atoms with E-state index in [-0.39, 0.29) is 16.0 Å². The van der Waals surface area contributed by atoms with E-state index in [4.69, 9.17) is 10.8 Å². The third-order valence-corrected chi connectivity index (χ3v) is 2.96. The van der Waals surface area contributed by atoms with Gasteiger partial charge in [-0.05, 0) is 18.2 Å². The second-order valence-electron chi connectivity index (χ2n) is 2.80. The Kier molecular flexibility index (Phi) is 1.89. The molecule has 1 heterocycles. The summed E-state index contributed by atoms with van der Waals surface area (Å²) < 4.78 is 14.0. The lowest BCUT2D eigenvalue weighted by Crippen LogP contribution is -1.90. The number of carboxylic acid groups (broad SMARTS) is 1. The van der Waals surface area contributed by atoms with Crippen molar-refractivity contribution in [2.45, 2.75) is 0 Å². The number of nitrogen functional groups attached to an aromatic ring is 1. The van der Waals surface area contributed by atoms with E-state index in [1.165, 1.54) is 12.1 Å². The third-order valence-electron chi connectivity index (χ3n) is 1.88. The van der Waals surface area contributed by atoms with Crippen LogP contribution in [-0.4, -0.2) is 11.1 Å². The Hall–Kier alpha value is -1.62. The van der Waals surface area contributed by atoms with Crippen LogP contribution < -0.4 is 5.73 Å². The summed E-state index contributed by atoms with van der Waals surface area (Å²) in [6, 6.07) is 4.35. The van der Waals surface area contributed by atoms with Crippen molar-refractivity contribution in [1.82, 2.24) is 0 Å². The SMILES string of the molecule is Nc1ccc2sc(C(=O)O)cc2c1F. The van der Waals surface area contributed by atoms with E-state index in [2.05, 4.69) is 0 Å². The number of nitrogens with two attached hydrogens (primary N) is 1. The fourth-order valence-electron chi connectivity index (χ4n) is 1.20. The fourth-order valence-corrected chi connectivity index (χ4v) is 2.10. The number of hydrogen-bond acceptors (Lipinski definition) is 3. The molecular weight excluding hydrogens is 205 g/mol. The molecule has 1 aromatic carbocycles. The minimum atomic E-state index is -1.05. The van der Waals surface area contributed by atoms with Crippen LogP contribution in [0.5, 0.6) is 0 Å². The molecule has 0 aliphatic rings. The summed E-state index contributed by atoms with van der Waals surface area (Å²) in [5.74, 6) is -1.60. The molecule has 0 aliphatic heterocycles. The maximum atomic E-state index is 13.4. The molecule has 0 bridgehead atoms. The first-order valence-electron chi connectivity index (χ1n) is 3.80. The molecule has 0 saturated heterocycles. The first-order chi connectivity index (χ1) is 6.59. The molecule has 72 valence electrons. The number of anilines is 1. The summed E-state index contributed by atoms with van der Waals surface area (Å²) in [5, 5.41) is 8.97. The largest absolute Gasteiger partial charge is 0.477 e. The Balaban J connectivity index is 2.77. The molecule has 3 N–H and O–H groups in total. The third kappa shape index (κ3) is 1.22. The number of fused-ring (bicyclic) bond motifs is 1. The zero-order valence-corrected chi connectivity index (χ0v) is 7.77. The highest BCUT2D eigenvalue weighted by atomic mass is 32.1. The van der Waals surface area contributed by atoms with Crippen molar-refractivity contribution < 1.29 is 14.3 Å². The molecule has 2 aromatic rings. The minimum Gasteiger partial charge on any atom is -0.477 e. The summed E-state index contributed by atoms with van der Waals surface area (Å²) in [5.41, 5.74) is 5.39. The van der Waals surface area contributed by atoms with Gasteiger partial charge in [-0.3, -0.25) is 0 Å². The lowest BCUT2D eigenvalue weighted by atomic mass is 10.2. The molecule has 0 aliphatic carbocycles. The van der Waals surface area contributed by atoms with Crippen LogP contribution in [0.15, 0.2) is 18.2 Å². The lowest BCUT2D eigenvalue weighted by molar-refractivity contribution is 0.0702. The summed E-state index contributed by atoms with van der Waals surface area (Å²) in [6.07, 6.45) is 0. The van der Waals surface area contributed by atoms with Crippen molar-refractivity contribution in [3.63, 3.8) is 0 Å². The molecule has 3 nitrogen and oxygen atoms in total. The zero-order valence-electron chi connectivity index (χ0n) is 6.95. The predicted octanol–water partition coefficient (Wildman–Crippen LogP) is 2.32. The Morgan fingerprint density at radius 3 is 2.86 bits per heavy atom. The Morgan fingerprint density at radius 1 is 1.50 bits per heavy atom. The molecule has 14 heavy (non-hydrogen) atoms. The normalized spacial score (nSPS) is 10.6. The molecule has 5 heteroatoms. The van der Waals surface area contributed by atoms with Crippen molar-refractivity contribution in [3.05, 3.63) is 28.9 Å². The molecule has 0 fully saturated rings. The smallest absolute Gasteiger partial charge is 0.345 e. The van der Waals surface area contributed by atoms with Crippen LogP contribution in [-0.2, 0) is 0 Å². The highest BCUT2D eigenvalue weighted by Crippen LogP contribution is 2.30. The van der Waals surface area contributed by atoms with Gasteiger partial charge in [-0.1, -0.05) is 0 Å². The van der Waals surface area contributed by atoms with Gasteiger partial charge in [-0.15, -0.1) is 11.3 Å². The quantitative estimate of drug-likeness (QED) is 0.711. The van der Waals surface area contributed by atoms with Crippen LogP contribution in [0, 0.1) is 5.82 Å². The Labute approximate surface area is 82.6 Å². The van der Waals surface area contributed by atoms with E-state index in [1.54, 1.807) is 6.07 Å². The predicted molar refractivity (Wildman–Crippen MR) is 53.2 cm³/mol. The average molecular weight is 211 g/mol. The number of carbonyl (C=O) groups is 1. The van der Waals surface area contributed by atoms with Gasteiger partial charge in [0.2, 0.25) is 0 Å². The van der Waals surface area contributed by atoms with E-state index < -0.39 is 11.8 Å². The van der Waals surface area contributed by atoms with Crippen LogP contribution in [0.3, 0.4) is 0 Å². The molecule has 0 unspecified atom stereocenters. The van der Waals surface area contributed by atoms with E-state index in [0.29, 0.717) is 4.70 Å². The maximum Gasteiger partial charge on any atom is 0.345 e. The van der Waals surface area contributed by atoms with Gasteiger partial charge in [-0.25, -0.2) is 9.18 Å². The molecule has 2 rings (SSSR count). The summed E-state index contributed by atoms with van der Waals surface area (Å²) in [6.45, 7) is 0. The first-order valence-corrected chi connectivity index (χ1v) is 4.62. The highest BCUT2D eigenvalue weighted by Gasteiger charge is 2.12. The highest BCUT2D eigenvalue weighted by molar-refractivity contribution is 7.20. The minimum absolute atomic E-state index is 0.0345. The fraction of sp³-hybridized carbons (Fsp3) is 0. The number of thiophene rings is 1. The van der Waals surface area contributed by atoms with E-state index in [0.717, 1.165) is 11.3 Å². The first kappa shape index (κ1) is 8.96. The van der Waals surface area contributed by atoms with E-state index >= 15 is 0 Å². The molecule has 0 spiro atoms. The monoisotopic (exact) mass is 211 g/mol. The molecular formula is C9H6FNO2S. The standard InChI is InChI=1S/C9H6FNO2S/c10-8-4-3-7(9(12)13)14-6(4)2-1-5(8)11/h1-3H,11H2,(H,12,13). The van der Waals surface area contributed by atoms with Crippen LogP contribution in [0.4, 0.5) is 10.1 Å². The van der Waals surface area contributed by atoms with Crippen molar-refractivity contribution in [2.75, 3.05) is 5.73 Å². The van der Waals surface area contributed by atoms with Gasteiger partial charge in [0.25, 0.3) is 0 Å². The number of aromatic carboxylic acids is 1. The van der Waals surface area contributed by atoms with Crippen LogP contribution >= 0.6 is 11.3 Å². The van der Waals surface area contributed by atoms with Gasteiger partial charge in [-0.2, -0.15) is 0 Å². The molecule has 0 amide bonds. The molecule has 0 radical (unpaired) electrons. The van der Waals surface area contributed by atoms with Gasteiger partial charge in [0, 0.05) is 10.1 Å². The van der Waals surface area contributed by atoms with Gasteiger partial charge in [0.1, 0.15) is 4.88 Å². The second-order valence-corrected chi connectivity index (χ2v) is 3.88. The molecule has 1 aromatic heterocycles. The van der Waals surface area contributed by atoms with Crippen molar-refractivity contribution in [2.24, 2.45) is 0 Å². The van der Waals surface area contributed by atoms with Crippen molar-refractivity contribution in [3.8, 4) is 0 Å². The Bertz CT molecular complexity index is 521. The van der Waals surface area contributed by atoms with Gasteiger partial charge in [0.05, 0.1) is 5.69 Å². The Morgan fingerprint density at radius 2 is 2.21 bits per heavy atom. The second kappa shape index (κ2) is 2.95. The topological polar surface area (TPSA) is 63.3 Å². The van der Waals surface area contributed by atoms with Gasteiger partial charge < -0.3 is 10.8 Å². The summed E-state index contributed by atoms with van der Waals surface area (Å²) in [4.78, 5) is 10.7. The number of carboxylic acids is 1. The molecule has 0 atom stereocenters. The van der Waals surface area contributed by atoms with E-state index in [1.807, 2.05) is 0 Å². The van der Waals surface area contributed by atoms with Crippen molar-refractivity contribution >= 4 is 33.1 Å². The average Bonchev–Trinajstić information content (AvgIpc) is 2.56. The number of halogens is 1. The lowest BCUT2D eigenvalue weighted by Gasteiger charge is -1.95. The number of benzene rings is 1. The zero-order chi connectivity index (χ0) is 10.3.